The van der Waals surface area contributed by atoms with Crippen molar-refractivity contribution in [3.05, 3.63) is 39.9 Å². The second kappa shape index (κ2) is 10.7. The van der Waals surface area contributed by atoms with Crippen molar-refractivity contribution in [3.8, 4) is 0 Å². The molecule has 0 bridgehead atoms. The molecule has 1 aromatic rings. The minimum atomic E-state index is -0.376. The summed E-state index contributed by atoms with van der Waals surface area (Å²) in [5.74, 6) is 0.724. The van der Waals surface area contributed by atoms with Gasteiger partial charge in [-0.05, 0) is 44.5 Å². The van der Waals surface area contributed by atoms with Crippen LogP contribution in [0.25, 0.3) is 0 Å². The van der Waals surface area contributed by atoms with Crippen molar-refractivity contribution in [1.29, 1.82) is 0 Å². The van der Waals surface area contributed by atoms with Gasteiger partial charge in [0, 0.05) is 32.3 Å². The van der Waals surface area contributed by atoms with E-state index in [9.17, 15) is 10.1 Å². The summed E-state index contributed by atoms with van der Waals surface area (Å²) < 4.78 is 0. The summed E-state index contributed by atoms with van der Waals surface area (Å²) in [4.78, 5) is 17.2. The number of aliphatic imine (C=N–C) groups is 1. The van der Waals surface area contributed by atoms with Crippen LogP contribution < -0.4 is 10.6 Å². The number of guanidine groups is 1. The molecule has 25 heavy (non-hydrogen) atoms. The van der Waals surface area contributed by atoms with Gasteiger partial charge in [0.2, 0.25) is 0 Å². The third-order valence-corrected chi connectivity index (χ3v) is 4.45. The van der Waals surface area contributed by atoms with Crippen LogP contribution in [0.15, 0.2) is 29.3 Å². The molecule has 1 aliphatic rings. The smallest absolute Gasteiger partial charge is 0.269 e. The molecule has 1 aliphatic heterocycles. The zero-order valence-electron chi connectivity index (χ0n) is 15.0. The summed E-state index contributed by atoms with van der Waals surface area (Å²) in [5, 5.41) is 17.3. The minimum absolute atomic E-state index is 0.111. The van der Waals surface area contributed by atoms with E-state index in [1.165, 1.54) is 44.8 Å². The summed E-state index contributed by atoms with van der Waals surface area (Å²) in [6, 6.07) is 6.65. The van der Waals surface area contributed by atoms with Gasteiger partial charge in [-0.25, -0.2) is 0 Å². The van der Waals surface area contributed by atoms with Crippen molar-refractivity contribution in [2.24, 2.45) is 4.99 Å². The van der Waals surface area contributed by atoms with Crippen molar-refractivity contribution in [2.75, 3.05) is 33.2 Å². The van der Waals surface area contributed by atoms with E-state index < -0.39 is 0 Å². The lowest BCUT2D eigenvalue weighted by atomic mass is 10.2. The van der Waals surface area contributed by atoms with E-state index in [4.69, 9.17) is 0 Å². The lowest BCUT2D eigenvalue weighted by Crippen LogP contribution is -2.38. The fourth-order valence-electron chi connectivity index (χ4n) is 3.06. The molecule has 2 rings (SSSR count). The Balaban J connectivity index is 1.68. The standard InChI is InChI=1S/C18H29N5O2/c1-19-18(20-10-7-13-22-11-4-2-3-5-12-22)21-15-16-8-6-9-17(14-16)23(24)25/h6,8-9,14H,2-5,7,10-13,15H2,1H3,(H2,19,20,21). The number of rotatable bonds is 7. The lowest BCUT2D eigenvalue weighted by Gasteiger charge is -2.20. The monoisotopic (exact) mass is 347 g/mol. The summed E-state index contributed by atoms with van der Waals surface area (Å²) in [6.45, 7) is 4.94. The molecule has 0 unspecified atom stereocenters. The van der Waals surface area contributed by atoms with Crippen molar-refractivity contribution in [3.63, 3.8) is 0 Å². The molecule has 0 atom stereocenters. The van der Waals surface area contributed by atoms with Crippen LogP contribution in [0.3, 0.4) is 0 Å². The molecule has 138 valence electrons. The van der Waals surface area contributed by atoms with Crippen LogP contribution in [0, 0.1) is 10.1 Å². The first-order chi connectivity index (χ1) is 12.2. The highest BCUT2D eigenvalue weighted by atomic mass is 16.6. The average Bonchev–Trinajstić information content (AvgIpc) is 2.90. The number of nitrogens with one attached hydrogen (secondary N) is 2. The van der Waals surface area contributed by atoms with Gasteiger partial charge in [0.1, 0.15) is 0 Å². The summed E-state index contributed by atoms with van der Waals surface area (Å²) in [6.07, 6.45) is 6.45. The zero-order valence-corrected chi connectivity index (χ0v) is 15.0. The number of nitrogens with zero attached hydrogens (tertiary/aromatic N) is 3. The molecule has 0 spiro atoms. The van der Waals surface area contributed by atoms with E-state index in [2.05, 4.69) is 20.5 Å². The molecule has 0 saturated carbocycles. The highest BCUT2D eigenvalue weighted by Gasteiger charge is 2.09. The minimum Gasteiger partial charge on any atom is -0.356 e. The number of hydrogen-bond donors (Lipinski definition) is 2. The second-order valence-corrected chi connectivity index (χ2v) is 6.39. The van der Waals surface area contributed by atoms with Gasteiger partial charge in [0.05, 0.1) is 4.92 Å². The van der Waals surface area contributed by atoms with Gasteiger partial charge in [-0.1, -0.05) is 25.0 Å². The van der Waals surface area contributed by atoms with Gasteiger partial charge in [-0.3, -0.25) is 15.1 Å². The predicted octanol–water partition coefficient (Wildman–Crippen LogP) is 2.53. The van der Waals surface area contributed by atoms with Gasteiger partial charge >= 0.3 is 0 Å². The number of benzene rings is 1. The average molecular weight is 347 g/mol. The second-order valence-electron chi connectivity index (χ2n) is 6.39. The SMILES string of the molecule is CN=C(NCCCN1CCCCCC1)NCc1cccc([N+](=O)[O-])c1. The topological polar surface area (TPSA) is 82.8 Å². The maximum Gasteiger partial charge on any atom is 0.269 e. The largest absolute Gasteiger partial charge is 0.356 e. The van der Waals surface area contributed by atoms with Crippen molar-refractivity contribution in [2.45, 2.75) is 38.6 Å². The molecule has 0 radical (unpaired) electrons. The van der Waals surface area contributed by atoms with Crippen LogP contribution >= 0.6 is 0 Å². The Morgan fingerprint density at radius 3 is 2.68 bits per heavy atom. The number of nitro groups is 1. The van der Waals surface area contributed by atoms with E-state index in [0.29, 0.717) is 6.54 Å². The van der Waals surface area contributed by atoms with E-state index >= 15 is 0 Å². The molecule has 7 nitrogen and oxygen atoms in total. The Kier molecular flexibility index (Phi) is 8.18. The lowest BCUT2D eigenvalue weighted by molar-refractivity contribution is -0.384. The number of likely N-dealkylation sites (tertiary alicyclic amines) is 1. The molecule has 1 fully saturated rings. The predicted molar refractivity (Wildman–Crippen MR) is 101 cm³/mol. The van der Waals surface area contributed by atoms with E-state index in [1.807, 2.05) is 6.07 Å². The quantitative estimate of drug-likeness (QED) is 0.260. The van der Waals surface area contributed by atoms with Gasteiger partial charge in [-0.2, -0.15) is 0 Å². The summed E-state index contributed by atoms with van der Waals surface area (Å²) >= 11 is 0. The first kappa shape index (κ1) is 19.2. The van der Waals surface area contributed by atoms with Crippen LogP contribution in [0.1, 0.15) is 37.7 Å². The Hall–Kier alpha value is -2.15. The van der Waals surface area contributed by atoms with E-state index in [0.717, 1.165) is 31.0 Å². The van der Waals surface area contributed by atoms with Gasteiger partial charge in [0.15, 0.2) is 5.96 Å². The van der Waals surface area contributed by atoms with Gasteiger partial charge < -0.3 is 15.5 Å². The third-order valence-electron chi connectivity index (χ3n) is 4.45. The molecular formula is C18H29N5O2. The molecule has 1 heterocycles. The van der Waals surface area contributed by atoms with E-state index in [-0.39, 0.29) is 10.6 Å². The van der Waals surface area contributed by atoms with Gasteiger partial charge in [0.25, 0.3) is 5.69 Å². The van der Waals surface area contributed by atoms with Crippen molar-refractivity contribution < 1.29 is 4.92 Å². The molecule has 0 aromatic heterocycles. The molecule has 7 heteroatoms. The molecule has 1 saturated heterocycles. The molecular weight excluding hydrogens is 318 g/mol. The van der Waals surface area contributed by atoms with Crippen LogP contribution in [-0.4, -0.2) is 49.0 Å². The summed E-state index contributed by atoms with van der Waals surface area (Å²) in [7, 11) is 1.73. The van der Waals surface area contributed by atoms with Crippen LogP contribution in [0.2, 0.25) is 0 Å². The van der Waals surface area contributed by atoms with Crippen molar-refractivity contribution >= 4 is 11.6 Å². The molecule has 2 N–H and O–H groups in total. The maximum atomic E-state index is 10.8. The van der Waals surface area contributed by atoms with Crippen LogP contribution in [-0.2, 0) is 6.54 Å². The molecule has 0 amide bonds. The summed E-state index contributed by atoms with van der Waals surface area (Å²) in [5.41, 5.74) is 0.974. The molecule has 1 aromatic carbocycles. The Labute approximate surface area is 149 Å². The zero-order chi connectivity index (χ0) is 17.9. The Morgan fingerprint density at radius 2 is 2.00 bits per heavy atom. The van der Waals surface area contributed by atoms with Crippen LogP contribution in [0.5, 0.6) is 0 Å². The van der Waals surface area contributed by atoms with Crippen molar-refractivity contribution in [1.82, 2.24) is 15.5 Å². The fourth-order valence-corrected chi connectivity index (χ4v) is 3.06. The first-order valence-electron chi connectivity index (χ1n) is 9.09. The maximum absolute atomic E-state index is 10.8. The normalized spacial score (nSPS) is 16.3. The van der Waals surface area contributed by atoms with Crippen LogP contribution in [0.4, 0.5) is 5.69 Å². The first-order valence-corrected chi connectivity index (χ1v) is 9.09. The van der Waals surface area contributed by atoms with Gasteiger partial charge in [-0.15, -0.1) is 0 Å². The highest BCUT2D eigenvalue weighted by Crippen LogP contribution is 2.12. The number of nitro benzene ring substituents is 1. The number of hydrogen-bond acceptors (Lipinski definition) is 4. The molecule has 0 aliphatic carbocycles. The third kappa shape index (κ3) is 7.09. The van der Waals surface area contributed by atoms with E-state index in [1.54, 1.807) is 19.2 Å². The highest BCUT2D eigenvalue weighted by molar-refractivity contribution is 5.79. The number of non-ortho nitro benzene ring substituents is 1. The Bertz CT molecular complexity index is 568. The Morgan fingerprint density at radius 1 is 1.24 bits per heavy atom. The fraction of sp³-hybridized carbons (Fsp3) is 0.611.